The maximum atomic E-state index is 7.80. The van der Waals surface area contributed by atoms with Crippen LogP contribution in [0.4, 0.5) is 0 Å². The molecular weight excluding hydrogens is 54.0 g/mol. The topological polar surface area (TPSA) is 44.0 Å². The van der Waals surface area contributed by atoms with Gasteiger partial charge in [0.25, 0.3) is 0 Å². The summed E-state index contributed by atoms with van der Waals surface area (Å²) in [6.07, 6.45) is 0. The number of nitrogens with one attached hydrogen (secondary N) is 1. The Morgan fingerprint density at radius 3 is 2.75 bits per heavy atom. The number of aliphatic hydroxyl groups excluding tert-OH is 1. The molecule has 0 spiro atoms. The van der Waals surface area contributed by atoms with Crippen LogP contribution in [0.15, 0.2) is 12.4 Å². The molecule has 0 unspecified atom stereocenters. The second-order valence-electron chi connectivity index (χ2n) is 0.349. The Balaban J connectivity index is 3.68. The largest absolute Gasteiger partial charge is 0.494 e. The number of hydrogen-bond donors (Lipinski definition) is 1. The molecule has 0 fully saturated rings. The van der Waals surface area contributed by atoms with E-state index in [0.29, 0.717) is 0 Å². The molecule has 1 radical (unpaired) electrons. The van der Waals surface area contributed by atoms with Crippen LogP contribution < -0.4 is 5.73 Å². The van der Waals surface area contributed by atoms with E-state index in [9.17, 15) is 0 Å². The summed E-state index contributed by atoms with van der Waals surface area (Å²) >= 11 is 0. The predicted molar refractivity (Wildman–Crippen MR) is 14.9 cm³/mol. The average Bonchev–Trinajstić information content (AvgIpc) is 1.36. The van der Waals surface area contributed by atoms with Crippen molar-refractivity contribution >= 4 is 0 Å². The van der Waals surface area contributed by atoms with Crippen LogP contribution >= 0.6 is 0 Å². The molecule has 0 rings (SSSR count). The van der Waals surface area contributed by atoms with E-state index in [0.717, 1.165) is 0 Å². The van der Waals surface area contributed by atoms with Crippen molar-refractivity contribution in [3.8, 4) is 0 Å². The van der Waals surface area contributed by atoms with Gasteiger partial charge in [-0.2, -0.15) is 0 Å². The zero-order valence-corrected chi connectivity index (χ0v) is 1.95. The summed E-state index contributed by atoms with van der Waals surface area (Å²) in [5, 5.41) is 7.80. The van der Waals surface area contributed by atoms with Crippen molar-refractivity contribution < 1.29 is 7.85 Å². The second kappa shape index (κ2) is 0.767. The smallest absolute Gasteiger partial charge is 0.195 e. The molecule has 0 aliphatic rings. The van der Waals surface area contributed by atoms with Crippen molar-refractivity contribution in [2.24, 2.45) is 0 Å². The molecule has 0 aromatic rings. The van der Waals surface area contributed by atoms with Crippen LogP contribution in [0.1, 0.15) is 2.74 Å². The van der Waals surface area contributed by atoms with Crippen LogP contribution in [0.25, 0.3) is 0 Å². The minimum atomic E-state index is -0.991. The van der Waals surface area contributed by atoms with E-state index in [-0.39, 0.29) is 0 Å². The van der Waals surface area contributed by atoms with Gasteiger partial charge in [0, 0.05) is 0 Å². The summed E-state index contributed by atoms with van der Waals surface area (Å²) in [7, 11) is 0. The van der Waals surface area contributed by atoms with E-state index in [4.69, 9.17) is 13.6 Å². The molecule has 2 nitrogen and oxygen atoms in total. The Bertz CT molecular complexity index is 61.6. The second-order valence-corrected chi connectivity index (χ2v) is 0.349. The minimum absolute atomic E-state index is 0.852. The van der Waals surface area contributed by atoms with Gasteiger partial charge in [-0.05, 0) is 6.53 Å². The lowest BCUT2D eigenvalue weighted by Gasteiger charge is -1.67. The average molecular weight is 60.1 g/mol. The Hall–Kier alpha value is -0.660. The predicted octanol–water partition coefficient (Wildman–Crippen LogP) is 0.298. The molecule has 0 saturated carbocycles. The Morgan fingerprint density at radius 2 is 2.75 bits per heavy atom. The molecule has 0 saturated heterocycles. The van der Waals surface area contributed by atoms with Gasteiger partial charge < -0.3 is 5.11 Å². The molecule has 23 valence electrons. The first-order chi connectivity index (χ1) is 2.64. The molecular formula is C2H4NO. The normalized spacial score (nSPS) is 12.0. The summed E-state index contributed by atoms with van der Waals surface area (Å²) in [6.45, 7) is -0.852. The maximum Gasteiger partial charge on any atom is 0.195 e. The number of rotatable bonds is 0. The van der Waals surface area contributed by atoms with Crippen molar-refractivity contribution in [2.45, 2.75) is 0 Å². The fourth-order valence-electron chi connectivity index (χ4n) is 0. The van der Waals surface area contributed by atoms with Gasteiger partial charge in [0.1, 0.15) is 0 Å². The molecule has 0 atom stereocenters. The Kier molecular flexibility index (Phi) is 0.186. The maximum absolute atomic E-state index is 7.80. The molecule has 0 heterocycles. The summed E-state index contributed by atoms with van der Waals surface area (Å²) in [5.74, 6) is -0.991. The summed E-state index contributed by atoms with van der Waals surface area (Å²) in [4.78, 5) is 0. The quantitative estimate of drug-likeness (QED) is 0.401. The SMILES string of the molecule is [2H]C([2H])=C([NH])O. The van der Waals surface area contributed by atoms with Gasteiger partial charge in [-0.1, -0.05) is 0 Å². The van der Waals surface area contributed by atoms with Gasteiger partial charge >= 0.3 is 0 Å². The molecule has 0 aromatic carbocycles. The van der Waals surface area contributed by atoms with Crippen molar-refractivity contribution in [3.63, 3.8) is 0 Å². The van der Waals surface area contributed by atoms with Gasteiger partial charge in [0.2, 0.25) is 0 Å². The highest BCUT2D eigenvalue weighted by Gasteiger charge is 1.55. The Labute approximate surface area is 27.4 Å². The molecule has 0 aliphatic heterocycles. The van der Waals surface area contributed by atoms with Crippen molar-refractivity contribution in [3.05, 3.63) is 12.4 Å². The lowest BCUT2D eigenvalue weighted by atomic mass is 11.0. The zero-order valence-electron chi connectivity index (χ0n) is 3.95. The van der Waals surface area contributed by atoms with Gasteiger partial charge in [0.05, 0.1) is 2.74 Å². The van der Waals surface area contributed by atoms with Crippen molar-refractivity contribution in [1.82, 2.24) is 5.73 Å². The van der Waals surface area contributed by atoms with Gasteiger partial charge in [0.15, 0.2) is 5.88 Å². The third kappa shape index (κ3) is 0.356. The first kappa shape index (κ1) is 0.971. The summed E-state index contributed by atoms with van der Waals surface area (Å²) in [6, 6.07) is 0. The van der Waals surface area contributed by atoms with E-state index in [1.165, 1.54) is 0 Å². The number of aliphatic hydroxyl groups is 1. The summed E-state index contributed by atoms with van der Waals surface area (Å²) in [5.41, 5.74) is 6.09. The molecule has 0 bridgehead atoms. The van der Waals surface area contributed by atoms with Crippen LogP contribution in [-0.2, 0) is 0 Å². The zero-order chi connectivity index (χ0) is 5.15. The minimum Gasteiger partial charge on any atom is -0.494 e. The van der Waals surface area contributed by atoms with Gasteiger partial charge in [-0.25, -0.2) is 0 Å². The molecule has 0 aromatic heterocycles. The first-order valence-corrected chi connectivity index (χ1v) is 0.724. The van der Waals surface area contributed by atoms with E-state index in [2.05, 4.69) is 0 Å². The summed E-state index contributed by atoms with van der Waals surface area (Å²) < 4.78 is 12.3. The van der Waals surface area contributed by atoms with Gasteiger partial charge in [-0.15, -0.1) is 0 Å². The van der Waals surface area contributed by atoms with Crippen molar-refractivity contribution in [1.29, 1.82) is 0 Å². The highest BCUT2D eigenvalue weighted by Crippen LogP contribution is 1.55. The van der Waals surface area contributed by atoms with E-state index in [1.54, 1.807) is 0 Å². The fourth-order valence-corrected chi connectivity index (χ4v) is 0. The van der Waals surface area contributed by atoms with Crippen LogP contribution in [0.5, 0.6) is 0 Å². The van der Waals surface area contributed by atoms with Crippen LogP contribution in [0.2, 0.25) is 0 Å². The molecule has 0 aliphatic carbocycles. The third-order valence-electron chi connectivity index (χ3n) is 0. The standard InChI is InChI=1S/C2H4NO/c1-2(3)4/h3-4H,1H2/i1D2. The van der Waals surface area contributed by atoms with E-state index < -0.39 is 12.4 Å². The highest BCUT2D eigenvalue weighted by atomic mass is 16.3. The third-order valence-corrected chi connectivity index (χ3v) is 0. The van der Waals surface area contributed by atoms with Crippen molar-refractivity contribution in [2.75, 3.05) is 0 Å². The molecule has 0 amide bonds. The van der Waals surface area contributed by atoms with Crippen LogP contribution in [-0.4, -0.2) is 5.11 Å². The van der Waals surface area contributed by atoms with Crippen LogP contribution in [0.3, 0.4) is 0 Å². The van der Waals surface area contributed by atoms with Gasteiger partial charge in [-0.3, -0.25) is 5.73 Å². The Morgan fingerprint density at radius 1 is 2.50 bits per heavy atom. The van der Waals surface area contributed by atoms with E-state index in [1.807, 2.05) is 0 Å². The molecule has 2 heteroatoms. The fraction of sp³-hybridized carbons (Fsp3) is 0. The van der Waals surface area contributed by atoms with E-state index >= 15 is 0 Å². The van der Waals surface area contributed by atoms with Crippen LogP contribution in [0, 0.1) is 0 Å². The lowest BCUT2D eigenvalue weighted by Crippen LogP contribution is -1.67. The first-order valence-electron chi connectivity index (χ1n) is 1.72. The molecule has 4 heavy (non-hydrogen) atoms. The molecule has 2 N–H and O–H groups in total. The monoisotopic (exact) mass is 60.0 g/mol. The lowest BCUT2D eigenvalue weighted by molar-refractivity contribution is 0.403. The number of hydrogen-bond acceptors (Lipinski definition) is 1. The highest BCUT2D eigenvalue weighted by molar-refractivity contribution is 4.63.